The van der Waals surface area contributed by atoms with E-state index in [1.54, 1.807) is 0 Å². The summed E-state index contributed by atoms with van der Waals surface area (Å²) in [5.41, 5.74) is 1.18. The summed E-state index contributed by atoms with van der Waals surface area (Å²) in [7, 11) is 0. The molecular weight excluding hydrogens is 272 g/mol. The molecule has 4 unspecified atom stereocenters. The molecule has 2 fully saturated rings. The van der Waals surface area contributed by atoms with Crippen molar-refractivity contribution in [2.45, 2.75) is 37.5 Å². The van der Waals surface area contributed by atoms with Gasteiger partial charge in [0.2, 0.25) is 0 Å². The quantitative estimate of drug-likeness (QED) is 0.760. The summed E-state index contributed by atoms with van der Waals surface area (Å²) in [6, 6.07) is 6.16. The molecule has 20 heavy (non-hydrogen) atoms. The zero-order valence-corrected chi connectivity index (χ0v) is 12.4. The highest BCUT2D eigenvalue weighted by molar-refractivity contribution is 6.20. The van der Waals surface area contributed by atoms with E-state index < -0.39 is 0 Å². The van der Waals surface area contributed by atoms with Gasteiger partial charge < -0.3 is 9.47 Å². The van der Waals surface area contributed by atoms with Gasteiger partial charge in [-0.3, -0.25) is 0 Å². The summed E-state index contributed by atoms with van der Waals surface area (Å²) in [6.07, 6.45) is 6.86. The van der Waals surface area contributed by atoms with E-state index in [1.165, 1.54) is 31.2 Å². The Morgan fingerprint density at radius 1 is 1.10 bits per heavy atom. The third-order valence-corrected chi connectivity index (χ3v) is 5.75. The first-order chi connectivity index (χ1) is 9.79. The smallest absolute Gasteiger partial charge is 0.161 e. The standard InChI is InChI=1S/C17H21ClO2/c18-15(9-14-8-11-1-2-12(14)7-11)13-3-4-16-17(10-13)20-6-5-19-16/h3-4,10-12,14-15H,1-2,5-9H2. The Balaban J connectivity index is 1.46. The zero-order valence-electron chi connectivity index (χ0n) is 11.7. The summed E-state index contributed by atoms with van der Waals surface area (Å²) in [6.45, 7) is 1.28. The minimum Gasteiger partial charge on any atom is -0.486 e. The van der Waals surface area contributed by atoms with Gasteiger partial charge in [-0.15, -0.1) is 11.6 Å². The van der Waals surface area contributed by atoms with Crippen LogP contribution in [0, 0.1) is 17.8 Å². The Morgan fingerprint density at radius 2 is 1.95 bits per heavy atom. The molecular formula is C17H21ClO2. The number of hydrogen-bond donors (Lipinski definition) is 0. The van der Waals surface area contributed by atoms with Gasteiger partial charge in [0, 0.05) is 0 Å². The predicted octanol–water partition coefficient (Wildman–Crippen LogP) is 4.56. The van der Waals surface area contributed by atoms with Gasteiger partial charge in [-0.25, -0.2) is 0 Å². The molecule has 4 atom stereocenters. The van der Waals surface area contributed by atoms with Gasteiger partial charge in [-0.2, -0.15) is 0 Å². The van der Waals surface area contributed by atoms with Crippen LogP contribution in [-0.4, -0.2) is 13.2 Å². The topological polar surface area (TPSA) is 18.5 Å². The normalized spacial score (nSPS) is 32.4. The third-order valence-electron chi connectivity index (χ3n) is 5.32. The number of benzene rings is 1. The summed E-state index contributed by atoms with van der Waals surface area (Å²) >= 11 is 6.67. The van der Waals surface area contributed by atoms with Crippen LogP contribution < -0.4 is 9.47 Å². The number of halogens is 1. The van der Waals surface area contributed by atoms with Crippen molar-refractivity contribution in [2.24, 2.45) is 17.8 Å². The molecule has 0 N–H and O–H groups in total. The molecule has 2 saturated carbocycles. The van der Waals surface area contributed by atoms with E-state index in [9.17, 15) is 0 Å². The van der Waals surface area contributed by atoms with Gasteiger partial charge in [0.25, 0.3) is 0 Å². The highest BCUT2D eigenvalue weighted by Gasteiger charge is 2.40. The Labute approximate surface area is 125 Å². The van der Waals surface area contributed by atoms with Gasteiger partial charge in [0.1, 0.15) is 13.2 Å². The van der Waals surface area contributed by atoms with Gasteiger partial charge in [-0.1, -0.05) is 12.5 Å². The lowest BCUT2D eigenvalue weighted by Gasteiger charge is -2.25. The molecule has 0 aromatic heterocycles. The number of hydrogen-bond acceptors (Lipinski definition) is 2. The van der Waals surface area contributed by atoms with Crippen LogP contribution in [0.1, 0.15) is 43.0 Å². The van der Waals surface area contributed by atoms with Gasteiger partial charge in [-0.05, 0) is 61.1 Å². The minimum atomic E-state index is 0.107. The number of fused-ring (bicyclic) bond motifs is 3. The fourth-order valence-electron chi connectivity index (χ4n) is 4.32. The van der Waals surface area contributed by atoms with E-state index >= 15 is 0 Å². The maximum atomic E-state index is 6.67. The Hall–Kier alpha value is -0.890. The molecule has 2 nitrogen and oxygen atoms in total. The molecule has 4 rings (SSSR count). The molecule has 2 aliphatic carbocycles. The molecule has 108 valence electrons. The Morgan fingerprint density at radius 3 is 2.70 bits per heavy atom. The lowest BCUT2D eigenvalue weighted by molar-refractivity contribution is 0.171. The summed E-state index contributed by atoms with van der Waals surface area (Å²) in [4.78, 5) is 0. The van der Waals surface area contributed by atoms with E-state index in [2.05, 4.69) is 12.1 Å². The van der Waals surface area contributed by atoms with E-state index in [0.29, 0.717) is 13.2 Å². The second-order valence-electron chi connectivity index (χ2n) is 6.54. The average molecular weight is 293 g/mol. The minimum absolute atomic E-state index is 0.107. The van der Waals surface area contributed by atoms with Crippen LogP contribution in [0.15, 0.2) is 18.2 Å². The number of ether oxygens (including phenoxy) is 2. The first kappa shape index (κ1) is 12.8. The Bertz CT molecular complexity index is 502. The fraction of sp³-hybridized carbons (Fsp3) is 0.647. The molecule has 0 saturated heterocycles. The van der Waals surface area contributed by atoms with Crippen LogP contribution in [0.4, 0.5) is 0 Å². The van der Waals surface area contributed by atoms with Crippen molar-refractivity contribution in [2.75, 3.05) is 13.2 Å². The van der Waals surface area contributed by atoms with Crippen LogP contribution >= 0.6 is 11.6 Å². The summed E-state index contributed by atoms with van der Waals surface area (Å²) in [5.74, 6) is 4.48. The van der Waals surface area contributed by atoms with E-state index in [-0.39, 0.29) is 5.38 Å². The lowest BCUT2D eigenvalue weighted by atomic mass is 9.84. The summed E-state index contributed by atoms with van der Waals surface area (Å²) < 4.78 is 11.2. The highest BCUT2D eigenvalue weighted by Crippen LogP contribution is 2.52. The van der Waals surface area contributed by atoms with Crippen molar-refractivity contribution in [1.29, 1.82) is 0 Å². The zero-order chi connectivity index (χ0) is 13.5. The molecule has 2 bridgehead atoms. The number of alkyl halides is 1. The van der Waals surface area contributed by atoms with Crippen molar-refractivity contribution in [3.8, 4) is 11.5 Å². The molecule has 0 radical (unpaired) electrons. The third kappa shape index (κ3) is 2.28. The molecule has 3 heteroatoms. The molecule has 0 spiro atoms. The van der Waals surface area contributed by atoms with Crippen molar-refractivity contribution < 1.29 is 9.47 Å². The molecule has 1 aromatic carbocycles. The SMILES string of the molecule is ClC(CC1CC2CCC1C2)c1ccc2c(c1)OCCO2. The van der Waals surface area contributed by atoms with Gasteiger partial charge in [0.05, 0.1) is 5.38 Å². The number of rotatable bonds is 3. The van der Waals surface area contributed by atoms with Crippen molar-refractivity contribution in [3.63, 3.8) is 0 Å². The first-order valence-corrected chi connectivity index (χ1v) is 8.27. The molecule has 0 amide bonds. The van der Waals surface area contributed by atoms with Crippen molar-refractivity contribution in [3.05, 3.63) is 23.8 Å². The van der Waals surface area contributed by atoms with Crippen LogP contribution in [-0.2, 0) is 0 Å². The van der Waals surface area contributed by atoms with Crippen LogP contribution in [0.5, 0.6) is 11.5 Å². The first-order valence-electron chi connectivity index (χ1n) is 7.83. The highest BCUT2D eigenvalue weighted by atomic mass is 35.5. The van der Waals surface area contributed by atoms with Crippen molar-refractivity contribution >= 4 is 11.6 Å². The predicted molar refractivity (Wildman–Crippen MR) is 79.6 cm³/mol. The van der Waals surface area contributed by atoms with E-state index in [4.69, 9.17) is 21.1 Å². The largest absolute Gasteiger partial charge is 0.486 e. The molecule has 3 aliphatic rings. The van der Waals surface area contributed by atoms with Crippen LogP contribution in [0.3, 0.4) is 0 Å². The second kappa shape index (κ2) is 5.14. The van der Waals surface area contributed by atoms with Crippen LogP contribution in [0.25, 0.3) is 0 Å². The lowest BCUT2D eigenvalue weighted by Crippen LogP contribution is -2.16. The van der Waals surface area contributed by atoms with E-state index in [1.807, 2.05) is 6.07 Å². The van der Waals surface area contributed by atoms with E-state index in [0.717, 1.165) is 35.7 Å². The van der Waals surface area contributed by atoms with Crippen molar-refractivity contribution in [1.82, 2.24) is 0 Å². The molecule has 1 aromatic rings. The summed E-state index contributed by atoms with van der Waals surface area (Å²) in [5, 5.41) is 0.107. The molecule has 1 aliphatic heterocycles. The fourth-order valence-corrected chi connectivity index (χ4v) is 4.69. The monoisotopic (exact) mass is 292 g/mol. The average Bonchev–Trinajstić information content (AvgIpc) is 3.09. The maximum absolute atomic E-state index is 6.67. The maximum Gasteiger partial charge on any atom is 0.161 e. The van der Waals surface area contributed by atoms with Gasteiger partial charge >= 0.3 is 0 Å². The van der Waals surface area contributed by atoms with Crippen LogP contribution in [0.2, 0.25) is 0 Å². The van der Waals surface area contributed by atoms with Gasteiger partial charge in [0.15, 0.2) is 11.5 Å². The Kier molecular flexibility index (Phi) is 3.30. The molecule has 1 heterocycles. The second-order valence-corrected chi connectivity index (χ2v) is 7.07.